The molecule has 0 atom stereocenters. The van der Waals surface area contributed by atoms with Crippen molar-refractivity contribution >= 4 is 5.82 Å². The molecule has 6 heteroatoms. The number of aromatic nitrogens is 2. The SMILES string of the molecule is CC(C)(C)n1cnc(-c2cc(F)c(F)cc2F)c1N. The smallest absolute Gasteiger partial charge is 0.161 e. The van der Waals surface area contributed by atoms with Crippen LogP contribution >= 0.6 is 0 Å². The van der Waals surface area contributed by atoms with E-state index in [9.17, 15) is 13.2 Å². The first kappa shape index (κ1) is 13.5. The summed E-state index contributed by atoms with van der Waals surface area (Å²) < 4.78 is 41.4. The number of nitrogen functional groups attached to an aromatic ring is 1. The molecule has 0 aliphatic heterocycles. The number of rotatable bonds is 1. The summed E-state index contributed by atoms with van der Waals surface area (Å²) >= 11 is 0. The Morgan fingerprint density at radius 2 is 1.63 bits per heavy atom. The van der Waals surface area contributed by atoms with Crippen LogP contribution in [0.3, 0.4) is 0 Å². The third kappa shape index (κ3) is 2.30. The minimum atomic E-state index is -1.24. The van der Waals surface area contributed by atoms with Crippen molar-refractivity contribution in [3.05, 3.63) is 35.9 Å². The Bertz CT molecular complexity index is 627. The first-order valence-electron chi connectivity index (χ1n) is 5.70. The zero-order valence-electron chi connectivity index (χ0n) is 10.8. The number of nitrogens with zero attached hydrogens (tertiary/aromatic N) is 2. The van der Waals surface area contributed by atoms with Crippen LogP contribution in [0.5, 0.6) is 0 Å². The van der Waals surface area contributed by atoms with E-state index in [0.717, 1.165) is 6.07 Å². The van der Waals surface area contributed by atoms with E-state index in [1.165, 1.54) is 6.33 Å². The van der Waals surface area contributed by atoms with E-state index in [2.05, 4.69) is 4.98 Å². The van der Waals surface area contributed by atoms with Gasteiger partial charge in [-0.15, -0.1) is 0 Å². The lowest BCUT2D eigenvalue weighted by Gasteiger charge is -2.22. The predicted molar refractivity (Wildman–Crippen MR) is 66.9 cm³/mol. The van der Waals surface area contributed by atoms with Crippen molar-refractivity contribution in [1.29, 1.82) is 0 Å². The van der Waals surface area contributed by atoms with Crippen LogP contribution < -0.4 is 5.73 Å². The molecule has 0 amide bonds. The van der Waals surface area contributed by atoms with Gasteiger partial charge in [0.15, 0.2) is 11.6 Å². The third-order valence-electron chi connectivity index (χ3n) is 2.79. The highest BCUT2D eigenvalue weighted by Gasteiger charge is 2.22. The lowest BCUT2D eigenvalue weighted by atomic mass is 10.1. The molecule has 0 saturated heterocycles. The lowest BCUT2D eigenvalue weighted by molar-refractivity contribution is 0.402. The molecule has 2 N–H and O–H groups in total. The topological polar surface area (TPSA) is 43.8 Å². The second-order valence-electron chi connectivity index (χ2n) is 5.27. The van der Waals surface area contributed by atoms with E-state index in [1.54, 1.807) is 4.57 Å². The highest BCUT2D eigenvalue weighted by molar-refractivity contribution is 5.71. The quantitative estimate of drug-likeness (QED) is 0.807. The molecule has 0 unspecified atom stereocenters. The Hall–Kier alpha value is -1.98. The largest absolute Gasteiger partial charge is 0.383 e. The normalized spacial score (nSPS) is 11.9. The zero-order chi connectivity index (χ0) is 14.4. The number of halogens is 3. The summed E-state index contributed by atoms with van der Waals surface area (Å²) in [5, 5.41) is 0. The van der Waals surface area contributed by atoms with Crippen molar-refractivity contribution in [3.8, 4) is 11.3 Å². The number of benzene rings is 1. The van der Waals surface area contributed by atoms with Crippen LogP contribution in [0.25, 0.3) is 11.3 Å². The molecule has 0 fully saturated rings. The average Bonchev–Trinajstić information content (AvgIpc) is 2.65. The molecule has 0 saturated carbocycles. The Kier molecular flexibility index (Phi) is 3.04. The van der Waals surface area contributed by atoms with Gasteiger partial charge in [0.2, 0.25) is 0 Å². The Labute approximate surface area is 108 Å². The molecule has 1 aromatic carbocycles. The summed E-state index contributed by atoms with van der Waals surface area (Å²) in [5.41, 5.74) is 5.50. The van der Waals surface area contributed by atoms with Gasteiger partial charge in [0.25, 0.3) is 0 Å². The van der Waals surface area contributed by atoms with E-state index in [0.29, 0.717) is 6.07 Å². The minimum Gasteiger partial charge on any atom is -0.383 e. The number of hydrogen-bond acceptors (Lipinski definition) is 2. The second-order valence-corrected chi connectivity index (χ2v) is 5.27. The van der Waals surface area contributed by atoms with E-state index >= 15 is 0 Å². The van der Waals surface area contributed by atoms with Crippen molar-refractivity contribution in [1.82, 2.24) is 9.55 Å². The highest BCUT2D eigenvalue weighted by Crippen LogP contribution is 2.31. The van der Waals surface area contributed by atoms with Gasteiger partial charge in [-0.1, -0.05) is 0 Å². The molecule has 0 radical (unpaired) electrons. The van der Waals surface area contributed by atoms with Crippen LogP contribution in [0.2, 0.25) is 0 Å². The van der Waals surface area contributed by atoms with E-state index in [-0.39, 0.29) is 22.6 Å². The molecule has 19 heavy (non-hydrogen) atoms. The summed E-state index contributed by atoms with van der Waals surface area (Å²) in [4.78, 5) is 3.99. The third-order valence-corrected chi connectivity index (χ3v) is 2.79. The molecular weight excluding hydrogens is 255 g/mol. The van der Waals surface area contributed by atoms with Crippen LogP contribution in [0.4, 0.5) is 19.0 Å². The Morgan fingerprint density at radius 1 is 1.05 bits per heavy atom. The molecule has 2 aromatic rings. The molecule has 0 spiro atoms. The van der Waals surface area contributed by atoms with E-state index < -0.39 is 17.5 Å². The van der Waals surface area contributed by atoms with Crippen molar-refractivity contribution in [2.24, 2.45) is 0 Å². The van der Waals surface area contributed by atoms with Crippen LogP contribution in [0.1, 0.15) is 20.8 Å². The van der Waals surface area contributed by atoms with Gasteiger partial charge in [-0.3, -0.25) is 0 Å². The van der Waals surface area contributed by atoms with Gasteiger partial charge in [-0.05, 0) is 26.8 Å². The molecular formula is C13H14F3N3. The maximum Gasteiger partial charge on any atom is 0.161 e. The molecule has 1 heterocycles. The zero-order valence-corrected chi connectivity index (χ0v) is 10.8. The van der Waals surface area contributed by atoms with Crippen LogP contribution in [-0.4, -0.2) is 9.55 Å². The van der Waals surface area contributed by atoms with Crippen molar-refractivity contribution in [3.63, 3.8) is 0 Å². The van der Waals surface area contributed by atoms with Crippen molar-refractivity contribution in [2.45, 2.75) is 26.3 Å². The van der Waals surface area contributed by atoms with E-state index in [1.807, 2.05) is 20.8 Å². The standard InChI is InChI=1S/C13H14F3N3/c1-13(2,3)19-6-18-11(12(19)17)7-4-9(15)10(16)5-8(7)14/h4-6H,17H2,1-3H3. The molecule has 2 rings (SSSR count). The van der Waals surface area contributed by atoms with Gasteiger partial charge >= 0.3 is 0 Å². The maximum absolute atomic E-state index is 13.7. The monoisotopic (exact) mass is 269 g/mol. The van der Waals surface area contributed by atoms with Gasteiger partial charge in [0.05, 0.1) is 6.33 Å². The molecule has 102 valence electrons. The number of hydrogen-bond donors (Lipinski definition) is 1. The first-order valence-corrected chi connectivity index (χ1v) is 5.70. The Morgan fingerprint density at radius 3 is 2.16 bits per heavy atom. The molecule has 1 aromatic heterocycles. The summed E-state index contributed by atoms with van der Waals surface area (Å²) in [5.74, 6) is -3.07. The first-order chi connectivity index (χ1) is 8.71. The predicted octanol–water partition coefficient (Wildman–Crippen LogP) is 3.30. The van der Waals surface area contributed by atoms with Crippen molar-refractivity contribution < 1.29 is 13.2 Å². The highest BCUT2D eigenvalue weighted by atomic mass is 19.2. The summed E-state index contributed by atoms with van der Waals surface area (Å²) in [6.07, 6.45) is 1.45. The molecule has 0 aliphatic rings. The van der Waals surface area contributed by atoms with Crippen molar-refractivity contribution in [2.75, 3.05) is 5.73 Å². The number of imidazole rings is 1. The second kappa shape index (κ2) is 4.29. The summed E-state index contributed by atoms with van der Waals surface area (Å²) in [6.45, 7) is 5.70. The maximum atomic E-state index is 13.7. The fourth-order valence-electron chi connectivity index (χ4n) is 1.80. The van der Waals surface area contributed by atoms with Gasteiger partial charge in [0.1, 0.15) is 17.3 Å². The van der Waals surface area contributed by atoms with Crippen LogP contribution in [0, 0.1) is 17.5 Å². The molecule has 3 nitrogen and oxygen atoms in total. The fraction of sp³-hybridized carbons (Fsp3) is 0.308. The number of nitrogens with two attached hydrogens (primary N) is 1. The molecule has 0 aliphatic carbocycles. The number of anilines is 1. The van der Waals surface area contributed by atoms with E-state index in [4.69, 9.17) is 5.73 Å². The van der Waals surface area contributed by atoms with Gasteiger partial charge in [-0.25, -0.2) is 18.2 Å². The minimum absolute atomic E-state index is 0.103. The molecule has 0 bridgehead atoms. The Balaban J connectivity index is 2.61. The average molecular weight is 269 g/mol. The van der Waals surface area contributed by atoms with Crippen LogP contribution in [-0.2, 0) is 5.54 Å². The summed E-state index contributed by atoms with van der Waals surface area (Å²) in [6, 6.07) is 1.25. The van der Waals surface area contributed by atoms with Gasteiger partial charge < -0.3 is 10.3 Å². The van der Waals surface area contributed by atoms with Gasteiger partial charge in [-0.2, -0.15) is 0 Å². The lowest BCUT2D eigenvalue weighted by Crippen LogP contribution is -2.22. The van der Waals surface area contributed by atoms with Gasteiger partial charge in [0, 0.05) is 17.2 Å². The summed E-state index contributed by atoms with van der Waals surface area (Å²) in [7, 11) is 0. The van der Waals surface area contributed by atoms with Crippen LogP contribution in [0.15, 0.2) is 18.5 Å². The fourth-order valence-corrected chi connectivity index (χ4v) is 1.80.